The van der Waals surface area contributed by atoms with Gasteiger partial charge in [-0.25, -0.2) is 0 Å². The Hall–Kier alpha value is -4.16. The molecular formula is C30H23ClN2O4. The van der Waals surface area contributed by atoms with Crippen molar-refractivity contribution in [2.24, 2.45) is 0 Å². The summed E-state index contributed by atoms with van der Waals surface area (Å²) in [6, 6.07) is 24.3. The summed E-state index contributed by atoms with van der Waals surface area (Å²) in [5.41, 5.74) is 5.37. The average Bonchev–Trinajstić information content (AvgIpc) is 3.53. The predicted octanol–water partition coefficient (Wildman–Crippen LogP) is 7.60. The van der Waals surface area contributed by atoms with Gasteiger partial charge in [0.25, 0.3) is 5.69 Å². The second-order valence-electron chi connectivity index (χ2n) is 9.42. The van der Waals surface area contributed by atoms with Crippen LogP contribution in [-0.4, -0.2) is 28.7 Å². The van der Waals surface area contributed by atoms with Gasteiger partial charge in [0.05, 0.1) is 17.7 Å². The third-order valence-electron chi connectivity index (χ3n) is 7.41. The summed E-state index contributed by atoms with van der Waals surface area (Å²) >= 11 is 6.46. The van der Waals surface area contributed by atoms with Gasteiger partial charge in [-0.3, -0.25) is 14.9 Å². The van der Waals surface area contributed by atoms with Gasteiger partial charge in [0.1, 0.15) is 5.75 Å². The highest BCUT2D eigenvalue weighted by Crippen LogP contribution is 2.49. The second-order valence-corrected chi connectivity index (χ2v) is 9.73. The van der Waals surface area contributed by atoms with Crippen molar-refractivity contribution in [3.63, 3.8) is 0 Å². The number of halogens is 1. The summed E-state index contributed by atoms with van der Waals surface area (Å²) < 4.78 is 5.33. The van der Waals surface area contributed by atoms with Crippen molar-refractivity contribution in [3.05, 3.63) is 106 Å². The molecule has 0 bridgehead atoms. The lowest BCUT2D eigenvalue weighted by molar-refractivity contribution is -0.384. The number of carbonyl (C=O) groups is 1. The van der Waals surface area contributed by atoms with Crippen molar-refractivity contribution in [2.75, 3.05) is 13.0 Å². The lowest BCUT2D eigenvalue weighted by atomic mass is 9.88. The lowest BCUT2D eigenvalue weighted by Crippen LogP contribution is -2.11. The van der Waals surface area contributed by atoms with E-state index in [-0.39, 0.29) is 23.3 Å². The zero-order chi connectivity index (χ0) is 25.7. The number of nitro benzene ring substituents is 1. The van der Waals surface area contributed by atoms with Crippen LogP contribution in [0.3, 0.4) is 0 Å². The minimum Gasteiger partial charge on any atom is -0.497 e. The number of nitrogens with zero attached hydrogens (tertiary/aromatic N) is 1. The van der Waals surface area contributed by atoms with Crippen LogP contribution in [0.25, 0.3) is 32.8 Å². The third kappa shape index (κ3) is 3.85. The standard InChI is InChI=1S/C30H23ClN2O4/c1-37-21-10-11-27-18(12-21)14-28(32-27)30(34)26-13-19(16-31)29-23-5-3-2-4-22(23)24(15-25(26)29)17-6-8-20(9-7-17)33(35)36/h2-12,14-15,19,26,32H,13,16H2,1H3. The molecule has 6 rings (SSSR count). The van der Waals surface area contributed by atoms with Crippen LogP contribution in [-0.2, 0) is 0 Å². The minimum atomic E-state index is -0.403. The molecule has 5 aromatic rings. The molecule has 2 unspecified atom stereocenters. The SMILES string of the molecule is COc1ccc2[nH]c(C(=O)C3CC(CCl)c4c3cc(-c3ccc([N+](=O)[O-])cc3)c3ccccc43)cc2c1. The molecule has 184 valence electrons. The van der Waals surface area contributed by atoms with Gasteiger partial charge in [-0.1, -0.05) is 24.3 Å². The van der Waals surface area contributed by atoms with Crippen LogP contribution in [0.5, 0.6) is 5.75 Å². The molecule has 0 fully saturated rings. The fourth-order valence-electron chi connectivity index (χ4n) is 5.64. The van der Waals surface area contributed by atoms with E-state index in [2.05, 4.69) is 23.2 Å². The zero-order valence-electron chi connectivity index (χ0n) is 20.0. The van der Waals surface area contributed by atoms with Crippen molar-refractivity contribution < 1.29 is 14.5 Å². The largest absolute Gasteiger partial charge is 0.497 e. The van der Waals surface area contributed by atoms with E-state index in [9.17, 15) is 14.9 Å². The number of hydrogen-bond donors (Lipinski definition) is 1. The van der Waals surface area contributed by atoms with Crippen LogP contribution in [0.1, 0.15) is 39.9 Å². The molecule has 0 spiro atoms. The van der Waals surface area contributed by atoms with E-state index in [0.717, 1.165) is 49.7 Å². The second kappa shape index (κ2) is 9.05. The third-order valence-corrected chi connectivity index (χ3v) is 7.78. The first kappa shape index (κ1) is 23.3. The number of non-ortho nitro benzene ring substituents is 1. The molecule has 4 aromatic carbocycles. The van der Waals surface area contributed by atoms with Crippen LogP contribution >= 0.6 is 11.6 Å². The maximum atomic E-state index is 13.9. The van der Waals surface area contributed by atoms with Gasteiger partial charge in [-0.2, -0.15) is 0 Å². The number of ether oxygens (including phenoxy) is 1. The number of aromatic amines is 1. The molecule has 1 aliphatic rings. The fourth-order valence-corrected chi connectivity index (χ4v) is 5.92. The van der Waals surface area contributed by atoms with Gasteiger partial charge in [0, 0.05) is 34.8 Å². The molecule has 6 nitrogen and oxygen atoms in total. The van der Waals surface area contributed by atoms with Crippen molar-refractivity contribution in [1.82, 2.24) is 4.98 Å². The summed E-state index contributed by atoms with van der Waals surface area (Å²) in [4.78, 5) is 28.0. The maximum absolute atomic E-state index is 13.9. The number of H-pyrrole nitrogens is 1. The first-order chi connectivity index (χ1) is 18.0. The minimum absolute atomic E-state index is 0.0222. The van der Waals surface area contributed by atoms with Crippen molar-refractivity contribution in [2.45, 2.75) is 18.3 Å². The van der Waals surface area contributed by atoms with Gasteiger partial charge in [-0.15, -0.1) is 11.6 Å². The highest BCUT2D eigenvalue weighted by Gasteiger charge is 2.37. The number of Topliss-reactive ketones (excluding diaryl/α,β-unsaturated/α-hetero) is 1. The molecule has 0 saturated heterocycles. The van der Waals surface area contributed by atoms with Gasteiger partial charge in [0.2, 0.25) is 0 Å². The summed E-state index contributed by atoms with van der Waals surface area (Å²) in [7, 11) is 1.62. The van der Waals surface area contributed by atoms with Gasteiger partial charge in [0.15, 0.2) is 5.78 Å². The van der Waals surface area contributed by atoms with E-state index in [0.29, 0.717) is 18.0 Å². The quantitative estimate of drug-likeness (QED) is 0.110. The average molecular weight is 511 g/mol. The Labute approximate surface area is 218 Å². The molecule has 0 aliphatic heterocycles. The molecule has 7 heteroatoms. The highest BCUT2D eigenvalue weighted by molar-refractivity contribution is 6.19. The smallest absolute Gasteiger partial charge is 0.269 e. The number of fused-ring (bicyclic) bond motifs is 4. The molecule has 37 heavy (non-hydrogen) atoms. The number of hydrogen-bond acceptors (Lipinski definition) is 4. The first-order valence-corrected chi connectivity index (χ1v) is 12.6. The van der Waals surface area contributed by atoms with Crippen LogP contribution in [0, 0.1) is 10.1 Å². The van der Waals surface area contributed by atoms with Crippen LogP contribution in [0.4, 0.5) is 5.69 Å². The fraction of sp³-hybridized carbons (Fsp3) is 0.167. The number of nitrogens with one attached hydrogen (secondary N) is 1. The Morgan fingerprint density at radius 1 is 1.05 bits per heavy atom. The van der Waals surface area contributed by atoms with Gasteiger partial charge in [-0.05, 0) is 87.8 Å². The first-order valence-electron chi connectivity index (χ1n) is 12.1. The van der Waals surface area contributed by atoms with E-state index in [1.165, 1.54) is 12.1 Å². The number of methoxy groups -OCH3 is 1. The lowest BCUT2D eigenvalue weighted by Gasteiger charge is -2.16. The number of rotatable bonds is 6. The van der Waals surface area contributed by atoms with Crippen molar-refractivity contribution in [1.29, 1.82) is 0 Å². The van der Waals surface area contributed by atoms with Gasteiger partial charge >= 0.3 is 0 Å². The Morgan fingerprint density at radius 3 is 2.51 bits per heavy atom. The number of carbonyl (C=O) groups excluding carboxylic acids is 1. The number of alkyl halides is 1. The Morgan fingerprint density at radius 2 is 1.81 bits per heavy atom. The molecule has 1 N–H and O–H groups in total. The molecule has 2 atom stereocenters. The van der Waals surface area contributed by atoms with E-state index < -0.39 is 4.92 Å². The van der Waals surface area contributed by atoms with Crippen LogP contribution in [0.15, 0.2) is 78.9 Å². The number of aromatic nitrogens is 1. The summed E-state index contributed by atoms with van der Waals surface area (Å²) in [5, 5.41) is 14.2. The molecular weight excluding hydrogens is 488 g/mol. The Kier molecular flexibility index (Phi) is 5.69. The number of ketones is 1. The maximum Gasteiger partial charge on any atom is 0.269 e. The predicted molar refractivity (Wildman–Crippen MR) is 146 cm³/mol. The van der Waals surface area contributed by atoms with Crippen LogP contribution in [0.2, 0.25) is 0 Å². The zero-order valence-corrected chi connectivity index (χ0v) is 20.8. The summed E-state index contributed by atoms with van der Waals surface area (Å²) in [6.45, 7) is 0. The molecule has 0 saturated carbocycles. The van der Waals surface area contributed by atoms with E-state index in [1.807, 2.05) is 36.4 Å². The Bertz CT molecular complexity index is 1690. The van der Waals surface area contributed by atoms with Crippen molar-refractivity contribution in [3.8, 4) is 16.9 Å². The van der Waals surface area contributed by atoms with Crippen LogP contribution < -0.4 is 4.74 Å². The topological polar surface area (TPSA) is 85.2 Å². The van der Waals surface area contributed by atoms with Crippen molar-refractivity contribution >= 4 is 44.7 Å². The molecule has 0 radical (unpaired) electrons. The van der Waals surface area contributed by atoms with Gasteiger partial charge < -0.3 is 9.72 Å². The molecule has 0 amide bonds. The van der Waals surface area contributed by atoms with E-state index in [4.69, 9.17) is 16.3 Å². The molecule has 1 aromatic heterocycles. The summed E-state index contributed by atoms with van der Waals surface area (Å²) in [6.07, 6.45) is 0.629. The molecule has 1 aliphatic carbocycles. The Balaban J connectivity index is 1.50. The van der Waals surface area contributed by atoms with E-state index >= 15 is 0 Å². The number of benzene rings is 4. The molecule has 1 heterocycles. The normalized spacial score (nSPS) is 16.7. The monoisotopic (exact) mass is 510 g/mol. The highest BCUT2D eigenvalue weighted by atomic mass is 35.5. The van der Waals surface area contributed by atoms with E-state index in [1.54, 1.807) is 19.2 Å². The summed E-state index contributed by atoms with van der Waals surface area (Å²) in [5.74, 6) is 0.870. The number of nitro groups is 1.